The van der Waals surface area contributed by atoms with Crippen molar-refractivity contribution in [2.24, 2.45) is 16.5 Å². The topological polar surface area (TPSA) is 163 Å². The highest BCUT2D eigenvalue weighted by Crippen LogP contribution is 2.55. The van der Waals surface area contributed by atoms with E-state index in [-0.39, 0.29) is 58.7 Å². The highest BCUT2D eigenvalue weighted by Gasteiger charge is 2.50. The summed E-state index contributed by atoms with van der Waals surface area (Å²) in [6, 6.07) is 20.6. The number of hydrogen-bond acceptors (Lipinski definition) is 13. The molecule has 16 heteroatoms. The van der Waals surface area contributed by atoms with Crippen molar-refractivity contribution in [2.45, 2.75) is 133 Å². The minimum atomic E-state index is -0.657. The number of aromatic nitrogens is 2. The average molecular weight is 976 g/mol. The second kappa shape index (κ2) is 20.0. The van der Waals surface area contributed by atoms with Gasteiger partial charge in [-0.2, -0.15) is 4.98 Å². The molecule has 0 bridgehead atoms. The molecule has 372 valence electrons. The van der Waals surface area contributed by atoms with Crippen LogP contribution in [0.4, 0.5) is 21.5 Å². The summed E-state index contributed by atoms with van der Waals surface area (Å²) < 4.78 is 42.4. The Morgan fingerprint density at radius 2 is 1.81 bits per heavy atom. The van der Waals surface area contributed by atoms with Crippen molar-refractivity contribution in [3.63, 3.8) is 0 Å². The molecule has 2 aromatic heterocycles. The SMILES string of the molecule is CO[C@@H](C)COc1nc2[nH]cc(F)c2cc1Oc1cc(N2CCC3(CC2)CC(N2CCC[C@@H]2c2ccccc2C(C)C)C3)ccc1C(=O)NSc1cc(N=O)c2c(c1)OCC(C1CCC(C)(O)CC1)N2. The number of likely N-dealkylation sites (tertiary alicyclic amines) is 1. The number of amides is 1. The zero-order chi connectivity index (χ0) is 48.7. The molecule has 4 N–H and O–H groups in total. The highest BCUT2D eigenvalue weighted by molar-refractivity contribution is 7.98. The number of benzene rings is 3. The molecular weight excluding hydrogens is 910 g/mol. The molecule has 3 aliphatic heterocycles. The third kappa shape index (κ3) is 9.93. The summed E-state index contributed by atoms with van der Waals surface area (Å²) >= 11 is 1.03. The molecule has 5 aromatic rings. The number of ether oxygens (including phenoxy) is 4. The van der Waals surface area contributed by atoms with Crippen LogP contribution in [0.15, 0.2) is 76.9 Å². The Kier molecular flexibility index (Phi) is 13.8. The molecule has 2 saturated heterocycles. The number of halogens is 1. The number of anilines is 2. The van der Waals surface area contributed by atoms with E-state index in [0.717, 1.165) is 63.0 Å². The van der Waals surface area contributed by atoms with Gasteiger partial charge in [0.25, 0.3) is 11.8 Å². The number of nitrogens with one attached hydrogen (secondary N) is 3. The number of fused-ring (bicyclic) bond motifs is 2. The summed E-state index contributed by atoms with van der Waals surface area (Å²) in [6.45, 7) is 11.8. The van der Waals surface area contributed by atoms with E-state index >= 15 is 4.39 Å². The fourth-order valence-electron chi connectivity index (χ4n) is 11.7. The minimum Gasteiger partial charge on any atom is -0.489 e. The van der Waals surface area contributed by atoms with Crippen LogP contribution in [0.2, 0.25) is 0 Å². The van der Waals surface area contributed by atoms with E-state index in [2.05, 4.69) is 73.1 Å². The van der Waals surface area contributed by atoms with Crippen molar-refractivity contribution in [1.29, 1.82) is 0 Å². The quantitative estimate of drug-likeness (QED) is 0.0581. The van der Waals surface area contributed by atoms with E-state index in [1.807, 2.05) is 26.0 Å². The molecule has 0 radical (unpaired) electrons. The second-order valence-corrected chi connectivity index (χ2v) is 21.9. The molecular formula is C54H66FN7O7S. The smallest absolute Gasteiger partial charge is 0.265 e. The number of pyridine rings is 1. The van der Waals surface area contributed by atoms with Crippen LogP contribution < -0.4 is 29.1 Å². The monoisotopic (exact) mass is 975 g/mol. The van der Waals surface area contributed by atoms with E-state index in [0.29, 0.717) is 64.8 Å². The average Bonchev–Trinajstić information content (AvgIpc) is 3.99. The third-order valence-electron chi connectivity index (χ3n) is 15.9. The molecule has 3 aromatic carbocycles. The van der Waals surface area contributed by atoms with Gasteiger partial charge >= 0.3 is 0 Å². The minimum absolute atomic E-state index is 0.0225. The summed E-state index contributed by atoms with van der Waals surface area (Å²) in [6.07, 6.45) is 11.1. The first-order valence-electron chi connectivity index (χ1n) is 25.1. The molecule has 1 unspecified atom stereocenters. The zero-order valence-electron chi connectivity index (χ0n) is 40.9. The van der Waals surface area contributed by atoms with Crippen LogP contribution in [0.5, 0.6) is 23.1 Å². The van der Waals surface area contributed by atoms with E-state index in [1.165, 1.54) is 49.1 Å². The van der Waals surface area contributed by atoms with Gasteiger partial charge in [0.1, 0.15) is 47.6 Å². The number of nitroso groups, excluding NO2 is 1. The van der Waals surface area contributed by atoms with Crippen LogP contribution in [0.3, 0.4) is 0 Å². The lowest BCUT2D eigenvalue weighted by Crippen LogP contribution is -2.54. The first-order chi connectivity index (χ1) is 33.8. The van der Waals surface area contributed by atoms with Crippen LogP contribution in [0.25, 0.3) is 11.0 Å². The number of carbonyl (C=O) groups is 1. The largest absolute Gasteiger partial charge is 0.489 e. The van der Waals surface area contributed by atoms with Crippen molar-refractivity contribution in [2.75, 3.05) is 50.2 Å². The Morgan fingerprint density at radius 1 is 1.03 bits per heavy atom. The highest BCUT2D eigenvalue weighted by atomic mass is 32.2. The number of hydrogen-bond donors (Lipinski definition) is 4. The van der Waals surface area contributed by atoms with Crippen molar-refractivity contribution in [3.8, 4) is 23.1 Å². The van der Waals surface area contributed by atoms with Gasteiger partial charge < -0.3 is 39.3 Å². The number of carbonyl (C=O) groups excluding carboxylic acids is 1. The molecule has 70 heavy (non-hydrogen) atoms. The van der Waals surface area contributed by atoms with Crippen LogP contribution >= 0.6 is 11.9 Å². The summed E-state index contributed by atoms with van der Waals surface area (Å²) in [5.74, 6) is 0.805. The lowest BCUT2D eigenvalue weighted by Gasteiger charge is -2.56. The number of rotatable bonds is 15. The number of aliphatic hydroxyl groups is 1. The molecule has 14 nitrogen and oxygen atoms in total. The van der Waals surface area contributed by atoms with Crippen molar-refractivity contribution in [1.82, 2.24) is 19.6 Å². The zero-order valence-corrected chi connectivity index (χ0v) is 41.7. The first kappa shape index (κ1) is 48.2. The lowest BCUT2D eigenvalue weighted by molar-refractivity contribution is -0.0227. The summed E-state index contributed by atoms with van der Waals surface area (Å²) in [7, 11) is 1.59. The van der Waals surface area contributed by atoms with Crippen molar-refractivity contribution >= 4 is 46.0 Å². The van der Waals surface area contributed by atoms with Crippen molar-refractivity contribution in [3.05, 3.63) is 94.3 Å². The Labute approximate surface area is 413 Å². The Balaban J connectivity index is 0.867. The van der Waals surface area contributed by atoms with E-state index in [9.17, 15) is 14.8 Å². The van der Waals surface area contributed by atoms with Gasteiger partial charge in [-0.1, -0.05) is 38.1 Å². The summed E-state index contributed by atoms with van der Waals surface area (Å²) in [4.78, 5) is 39.7. The van der Waals surface area contributed by atoms with Gasteiger partial charge in [0, 0.05) is 61.2 Å². The van der Waals surface area contributed by atoms with Crippen LogP contribution in [0.1, 0.15) is 125 Å². The first-order valence-corrected chi connectivity index (χ1v) is 26.0. The maximum absolute atomic E-state index is 15.1. The van der Waals surface area contributed by atoms with Gasteiger partial charge in [0.05, 0.1) is 28.7 Å². The number of methoxy groups -OCH3 is 1. The molecule has 10 rings (SSSR count). The molecule has 5 heterocycles. The number of aromatic amines is 1. The summed E-state index contributed by atoms with van der Waals surface area (Å²) in [5.41, 5.74) is 4.77. The Hall–Kier alpha value is -5.42. The predicted octanol–water partition coefficient (Wildman–Crippen LogP) is 11.6. The molecule has 3 atom stereocenters. The predicted molar refractivity (Wildman–Crippen MR) is 271 cm³/mol. The fourth-order valence-corrected chi connectivity index (χ4v) is 12.3. The molecule has 5 aliphatic rings. The van der Waals surface area contributed by atoms with E-state index in [1.54, 1.807) is 25.3 Å². The van der Waals surface area contributed by atoms with Gasteiger partial charge in [0.15, 0.2) is 5.75 Å². The molecule has 2 aliphatic carbocycles. The lowest BCUT2D eigenvalue weighted by atomic mass is 9.59. The maximum Gasteiger partial charge on any atom is 0.265 e. The number of H-pyrrole nitrogens is 1. The molecule has 4 fully saturated rings. The van der Waals surface area contributed by atoms with Gasteiger partial charge in [-0.25, -0.2) is 4.39 Å². The molecule has 1 amide bonds. The summed E-state index contributed by atoms with van der Waals surface area (Å²) in [5, 5.41) is 17.5. The van der Waals surface area contributed by atoms with Crippen LogP contribution in [0, 0.1) is 22.1 Å². The number of nitrogens with zero attached hydrogens (tertiary/aromatic N) is 4. The molecule has 2 saturated carbocycles. The van der Waals surface area contributed by atoms with Gasteiger partial charge in [-0.3, -0.25) is 14.4 Å². The van der Waals surface area contributed by atoms with E-state index in [4.69, 9.17) is 18.9 Å². The number of piperidine rings is 1. The normalized spacial score (nSPS) is 23.9. The van der Waals surface area contributed by atoms with Crippen LogP contribution in [-0.4, -0.2) is 89.6 Å². The van der Waals surface area contributed by atoms with Crippen LogP contribution in [-0.2, 0) is 4.74 Å². The van der Waals surface area contributed by atoms with Gasteiger partial charge in [-0.15, -0.1) is 4.91 Å². The fraction of sp³-hybridized carbons (Fsp3) is 0.519. The maximum atomic E-state index is 15.1. The Bertz CT molecular complexity index is 2710. The van der Waals surface area contributed by atoms with Gasteiger partial charge in [-0.05, 0) is 154 Å². The van der Waals surface area contributed by atoms with E-state index < -0.39 is 17.3 Å². The standard InChI is InChI=1S/C54H66FN7O7S/c1-32(2)38-9-6-7-10-39(38)45-11-8-20-62(45)36-27-54(28-36)18-21-61(22-19-54)35-12-13-40(46(23-35)69-48-26-41-42(55)29-56-50(41)58-52(48)68-30-33(3)66-5)51(63)60-70-37-24-43(59-65)49-47(25-37)67-31-44(57-49)34-14-16-53(4,64)17-15-34/h6-7,9-10,12-13,23-26,29,32-34,36,44-45,57,64H,8,11,14-22,27-28,30-31H2,1-5H3,(H,56,58)(H,60,63)/t33-,34?,44?,45+,53?/m0/s1. The van der Waals surface area contributed by atoms with Crippen molar-refractivity contribution < 1.29 is 33.2 Å². The molecule has 1 spiro atoms. The third-order valence-corrected chi connectivity index (χ3v) is 16.7. The Morgan fingerprint density at radius 3 is 2.57 bits per heavy atom. The second-order valence-electron chi connectivity index (χ2n) is 21.0. The van der Waals surface area contributed by atoms with Gasteiger partial charge in [0.2, 0.25) is 0 Å².